The molecule has 0 saturated carbocycles. The van der Waals surface area contributed by atoms with E-state index in [1.807, 2.05) is 0 Å². The lowest BCUT2D eigenvalue weighted by atomic mass is 9.97. The maximum atomic E-state index is 12.2. The molecular weight excluding hydrogens is 320 g/mol. The normalized spacial score (nSPS) is 11.8. The van der Waals surface area contributed by atoms with E-state index in [9.17, 15) is 38.4 Å². The van der Waals surface area contributed by atoms with Crippen molar-refractivity contribution < 1.29 is 0 Å². The van der Waals surface area contributed by atoms with Crippen LogP contribution < -0.4 is 43.4 Å². The Morgan fingerprint density at radius 3 is 0.958 bits per heavy atom. The van der Waals surface area contributed by atoms with Gasteiger partial charge in [0.15, 0.2) is 0 Å². The van der Waals surface area contributed by atoms with Crippen LogP contribution in [0.3, 0.4) is 0 Å². The average molecular weight is 322 g/mol. The summed E-state index contributed by atoms with van der Waals surface area (Å²) < 4.78 is 0. The summed E-state index contributed by atoms with van der Waals surface area (Å²) in [7, 11) is 0. The Hall–Kier alpha value is -3.68. The van der Waals surface area contributed by atoms with Crippen LogP contribution in [0.2, 0.25) is 0 Å². The molecule has 1 aromatic carbocycles. The van der Waals surface area contributed by atoms with Crippen LogP contribution in [0.25, 0.3) is 10.8 Å². The third kappa shape index (κ3) is 1.29. The Morgan fingerprint density at radius 1 is 0.333 bits per heavy atom. The van der Waals surface area contributed by atoms with E-state index in [0.29, 0.717) is 0 Å². The first-order valence-corrected chi connectivity index (χ1v) is 6.54. The molecule has 0 radical (unpaired) electrons. The maximum Gasteiger partial charge on any atom is 0.274 e. The Bertz CT molecular complexity index is 1620. The summed E-state index contributed by atoms with van der Waals surface area (Å²) in [5, 5.41) is -3.18. The highest BCUT2D eigenvalue weighted by Crippen LogP contribution is 2.08. The molecule has 0 unspecified atom stereocenters. The minimum Gasteiger partial charge on any atom is -0.285 e. The van der Waals surface area contributed by atoms with Gasteiger partial charge in [0.1, 0.15) is 0 Å². The van der Waals surface area contributed by atoms with Gasteiger partial charge in [0.25, 0.3) is 10.9 Å². The third-order valence-electron chi connectivity index (χ3n) is 4.13. The zero-order valence-corrected chi connectivity index (χ0v) is 11.4. The number of benzene rings is 1. The van der Waals surface area contributed by atoms with Crippen molar-refractivity contribution in [2.45, 2.75) is 0 Å². The first-order chi connectivity index (χ1) is 11.3. The van der Waals surface area contributed by atoms with E-state index in [2.05, 4.69) is 0 Å². The first-order valence-electron chi connectivity index (χ1n) is 6.54. The number of rotatable bonds is 0. The van der Waals surface area contributed by atoms with Gasteiger partial charge >= 0.3 is 0 Å². The Balaban J connectivity index is 2.93. The fourth-order valence-corrected chi connectivity index (χ4v) is 3.07. The molecule has 0 fully saturated rings. The summed E-state index contributed by atoms with van der Waals surface area (Å²) in [6, 6.07) is 2.03. The van der Waals surface area contributed by atoms with Gasteiger partial charge in [0.2, 0.25) is 32.6 Å². The summed E-state index contributed by atoms with van der Waals surface area (Å²) >= 11 is 0. The highest BCUT2D eigenvalue weighted by Gasteiger charge is 2.21. The summed E-state index contributed by atoms with van der Waals surface area (Å²) in [6.45, 7) is 0. The van der Waals surface area contributed by atoms with Gasteiger partial charge < -0.3 is 0 Å². The molecule has 0 saturated heterocycles. The Labute approximate surface area is 126 Å². The quantitative estimate of drug-likeness (QED) is 0.302. The van der Waals surface area contributed by atoms with Gasteiger partial charge in [-0.15, -0.1) is 0 Å². The van der Waals surface area contributed by atoms with Crippen molar-refractivity contribution in [1.82, 2.24) is 0 Å². The van der Waals surface area contributed by atoms with Crippen LogP contribution in [-0.4, -0.2) is 0 Å². The zero-order valence-electron chi connectivity index (χ0n) is 11.4. The molecule has 0 bridgehead atoms. The SMILES string of the molecule is O=c1c(=O)c2c(=O)c(=O)c(=O)c3ccc4c(=O)c(=O)c(=O)c1=c4c3=2. The van der Waals surface area contributed by atoms with Crippen molar-refractivity contribution in [1.29, 1.82) is 0 Å². The second kappa shape index (κ2) is 3.99. The standard InChI is InChI=1S/C16H2O8/c17-9-3-1-2-4-6-5(3)7(13(21)15(9)23)11(19)12(20)8(6)14(22)16(24)10(4)18/h1-2H. The molecule has 8 heteroatoms. The molecule has 0 heterocycles. The lowest BCUT2D eigenvalue weighted by Crippen LogP contribution is -2.47. The molecule has 24 heavy (non-hydrogen) atoms. The van der Waals surface area contributed by atoms with Gasteiger partial charge in [-0.1, -0.05) is 0 Å². The predicted molar refractivity (Wildman–Crippen MR) is 80.6 cm³/mol. The molecule has 0 N–H and O–H groups in total. The minimum absolute atomic E-state index is 0.360. The lowest BCUT2D eigenvalue weighted by Gasteiger charge is -2.01. The highest BCUT2D eigenvalue weighted by atomic mass is 16.2. The fraction of sp³-hybridized carbons (Fsp3) is 0. The van der Waals surface area contributed by atoms with Crippen molar-refractivity contribution >= 4 is 10.8 Å². The molecule has 0 aliphatic heterocycles. The molecule has 8 nitrogen and oxygen atoms in total. The molecule has 0 aromatic heterocycles. The fourth-order valence-electron chi connectivity index (χ4n) is 3.07. The molecule has 0 amide bonds. The van der Waals surface area contributed by atoms with E-state index in [0.717, 1.165) is 12.1 Å². The van der Waals surface area contributed by atoms with E-state index < -0.39 is 64.3 Å². The first kappa shape index (κ1) is 13.9. The van der Waals surface area contributed by atoms with E-state index in [4.69, 9.17) is 0 Å². The van der Waals surface area contributed by atoms with Gasteiger partial charge in [0, 0.05) is 21.2 Å². The number of hydrogen-bond acceptors (Lipinski definition) is 8. The molecule has 0 spiro atoms. The Kier molecular flexibility index (Phi) is 2.32. The Morgan fingerprint density at radius 2 is 0.625 bits per heavy atom. The average Bonchev–Trinajstić information content (AvgIpc) is 2.56. The molecule has 1 aromatic rings. The highest BCUT2D eigenvalue weighted by molar-refractivity contribution is 5.67. The monoisotopic (exact) mass is 322 g/mol. The van der Waals surface area contributed by atoms with Crippen molar-refractivity contribution in [3.8, 4) is 0 Å². The predicted octanol–water partition coefficient (Wildman–Crippen LogP) is -3.64. The number of hydrogen-bond donors (Lipinski definition) is 0. The van der Waals surface area contributed by atoms with Gasteiger partial charge in [-0.2, -0.15) is 0 Å². The third-order valence-corrected chi connectivity index (χ3v) is 4.13. The summed E-state index contributed by atoms with van der Waals surface area (Å²) in [4.78, 5) is 95.7. The van der Waals surface area contributed by atoms with Crippen LogP contribution in [-0.2, 0) is 0 Å². The maximum absolute atomic E-state index is 12.2. The molecule has 3 aliphatic carbocycles. The second-order valence-corrected chi connectivity index (χ2v) is 5.29. The molecular formula is C16H2O8. The molecule has 3 aliphatic rings. The minimum atomic E-state index is -1.48. The molecule has 0 atom stereocenters. The van der Waals surface area contributed by atoms with E-state index in [-0.39, 0.29) is 10.8 Å². The van der Waals surface area contributed by atoms with Crippen molar-refractivity contribution in [3.05, 3.63) is 115 Å². The van der Waals surface area contributed by atoms with Gasteiger partial charge in [-0.3, -0.25) is 38.4 Å². The van der Waals surface area contributed by atoms with Gasteiger partial charge in [-0.05, 0) is 12.1 Å². The van der Waals surface area contributed by atoms with Crippen molar-refractivity contribution in [2.24, 2.45) is 0 Å². The molecule has 114 valence electrons. The van der Waals surface area contributed by atoms with Crippen LogP contribution in [0.15, 0.2) is 50.5 Å². The topological polar surface area (TPSA) is 137 Å². The van der Waals surface area contributed by atoms with Crippen LogP contribution in [0, 0.1) is 20.9 Å². The summed E-state index contributed by atoms with van der Waals surface area (Å²) in [5.74, 6) is 0. The van der Waals surface area contributed by atoms with Crippen LogP contribution in [0.4, 0.5) is 0 Å². The van der Waals surface area contributed by atoms with Crippen LogP contribution in [0.1, 0.15) is 0 Å². The van der Waals surface area contributed by atoms with Crippen molar-refractivity contribution in [2.75, 3.05) is 0 Å². The lowest BCUT2D eigenvalue weighted by molar-refractivity contribution is 1.20. The van der Waals surface area contributed by atoms with Crippen molar-refractivity contribution in [3.63, 3.8) is 0 Å². The summed E-state index contributed by atoms with van der Waals surface area (Å²) in [6.07, 6.45) is 0. The largest absolute Gasteiger partial charge is 0.285 e. The van der Waals surface area contributed by atoms with Gasteiger partial charge in [-0.25, -0.2) is 0 Å². The van der Waals surface area contributed by atoms with Crippen LogP contribution >= 0.6 is 0 Å². The summed E-state index contributed by atoms with van der Waals surface area (Å²) in [5.41, 5.74) is -11.2. The van der Waals surface area contributed by atoms with Crippen LogP contribution in [0.5, 0.6) is 0 Å². The zero-order chi connectivity index (χ0) is 17.5. The van der Waals surface area contributed by atoms with E-state index in [1.54, 1.807) is 0 Å². The van der Waals surface area contributed by atoms with E-state index >= 15 is 0 Å². The van der Waals surface area contributed by atoms with Gasteiger partial charge in [0.05, 0.1) is 10.4 Å². The van der Waals surface area contributed by atoms with E-state index in [1.165, 1.54) is 0 Å². The second-order valence-electron chi connectivity index (χ2n) is 5.29. The molecule has 4 rings (SSSR count). The smallest absolute Gasteiger partial charge is 0.274 e.